The van der Waals surface area contributed by atoms with Gasteiger partial charge >= 0.3 is 0 Å². The van der Waals surface area contributed by atoms with Crippen molar-refractivity contribution in [2.24, 2.45) is 0 Å². The molecule has 1 aliphatic heterocycles. The van der Waals surface area contributed by atoms with E-state index in [1.807, 2.05) is 84.6 Å². The Morgan fingerprint density at radius 2 is 0.842 bits per heavy atom. The maximum absolute atomic E-state index is 6.51. The molecular weight excluding hydrogens is 715 g/mol. The molecule has 0 saturated carbocycles. The molecule has 0 atom stereocenters. The monoisotopic (exact) mass is 745 g/mol. The molecule has 1 spiro atoms. The summed E-state index contributed by atoms with van der Waals surface area (Å²) in [7, 11) is 0. The second kappa shape index (κ2) is 12.5. The molecule has 0 fully saturated rings. The molecule has 0 bridgehead atoms. The van der Waals surface area contributed by atoms with Crippen molar-refractivity contribution in [1.82, 2.24) is 15.0 Å². The summed E-state index contributed by atoms with van der Waals surface area (Å²) in [6, 6.07) is 66.9. The minimum absolute atomic E-state index is 0.479. The lowest BCUT2D eigenvalue weighted by Crippen LogP contribution is -2.32. The highest BCUT2D eigenvalue weighted by molar-refractivity contribution is 7.99. The Kier molecular flexibility index (Phi) is 7.04. The number of nitrogens with zero attached hydrogens (tertiary/aromatic N) is 3. The molecule has 1 aliphatic carbocycles. The molecule has 5 heteroatoms. The van der Waals surface area contributed by atoms with E-state index < -0.39 is 5.41 Å². The Labute approximate surface area is 333 Å². The maximum Gasteiger partial charge on any atom is 0.164 e. The van der Waals surface area contributed by atoms with Crippen LogP contribution in [0.3, 0.4) is 0 Å². The largest absolute Gasteiger partial charge is 0.456 e. The van der Waals surface area contributed by atoms with Crippen LogP contribution in [0.25, 0.3) is 78.4 Å². The fourth-order valence-corrected chi connectivity index (χ4v) is 10.4. The van der Waals surface area contributed by atoms with Crippen LogP contribution in [-0.4, -0.2) is 15.0 Å². The summed E-state index contributed by atoms with van der Waals surface area (Å²) in [5, 5.41) is 2.06. The summed E-state index contributed by atoms with van der Waals surface area (Å²) in [6.45, 7) is 0. The Balaban J connectivity index is 1.07. The van der Waals surface area contributed by atoms with Gasteiger partial charge in [0.15, 0.2) is 17.5 Å². The van der Waals surface area contributed by atoms with E-state index in [0.717, 1.165) is 44.2 Å². The van der Waals surface area contributed by atoms with Crippen LogP contribution in [0.2, 0.25) is 0 Å². The van der Waals surface area contributed by atoms with Gasteiger partial charge in [0.25, 0.3) is 0 Å². The fraction of sp³-hybridized carbons (Fsp3) is 0.0192. The van der Waals surface area contributed by atoms with Crippen LogP contribution >= 0.6 is 11.8 Å². The second-order valence-electron chi connectivity index (χ2n) is 14.7. The lowest BCUT2D eigenvalue weighted by Gasteiger charge is -2.40. The standard InChI is InChI=1S/C52H31N3OS/c1-3-14-32(15-4-1)49-53-50(33-16-5-2-6-17-33)55-51(54-49)35-27-29-45-40(31-35)39-30-34(26-28-44(39)56-45)36-19-13-20-38-37-18-7-8-21-41(37)52(48(36)38)42-22-9-11-24-46(42)57-47-25-12-10-23-43(47)52/h1-31H. The summed E-state index contributed by atoms with van der Waals surface area (Å²) < 4.78 is 6.51. The highest BCUT2D eigenvalue weighted by atomic mass is 32.2. The number of benzene rings is 8. The number of hydrogen-bond donors (Lipinski definition) is 0. The van der Waals surface area contributed by atoms with Gasteiger partial charge in [0.2, 0.25) is 0 Å². The number of hydrogen-bond acceptors (Lipinski definition) is 5. The quantitative estimate of drug-likeness (QED) is 0.180. The summed E-state index contributed by atoms with van der Waals surface area (Å²) in [4.78, 5) is 17.5. The van der Waals surface area contributed by atoms with Gasteiger partial charge in [0.1, 0.15) is 11.2 Å². The van der Waals surface area contributed by atoms with Crippen molar-refractivity contribution in [3.8, 4) is 56.4 Å². The molecule has 57 heavy (non-hydrogen) atoms. The van der Waals surface area contributed by atoms with Crippen LogP contribution in [0.5, 0.6) is 0 Å². The zero-order valence-electron chi connectivity index (χ0n) is 30.6. The minimum atomic E-state index is -0.479. The highest BCUT2D eigenvalue weighted by Gasteiger charge is 2.51. The second-order valence-corrected chi connectivity index (χ2v) is 15.8. The van der Waals surface area contributed by atoms with E-state index in [1.165, 1.54) is 48.7 Å². The topological polar surface area (TPSA) is 51.8 Å². The van der Waals surface area contributed by atoms with Crippen LogP contribution in [0, 0.1) is 0 Å². The molecule has 0 N–H and O–H groups in total. The maximum atomic E-state index is 6.51. The van der Waals surface area contributed by atoms with E-state index in [2.05, 4.69) is 115 Å². The van der Waals surface area contributed by atoms with E-state index in [0.29, 0.717) is 17.5 Å². The van der Waals surface area contributed by atoms with E-state index in [9.17, 15) is 0 Å². The van der Waals surface area contributed by atoms with Gasteiger partial charge in [-0.3, -0.25) is 0 Å². The lowest BCUT2D eigenvalue weighted by atomic mass is 9.66. The number of rotatable bonds is 4. The number of furan rings is 1. The average Bonchev–Trinajstić information content (AvgIpc) is 3.80. The van der Waals surface area contributed by atoms with E-state index in [4.69, 9.17) is 19.4 Å². The number of aromatic nitrogens is 3. The summed E-state index contributed by atoms with van der Waals surface area (Å²) in [6.07, 6.45) is 0. The molecule has 0 unspecified atom stereocenters. The summed E-state index contributed by atoms with van der Waals surface area (Å²) in [5.74, 6) is 1.88. The Morgan fingerprint density at radius 3 is 1.47 bits per heavy atom. The van der Waals surface area contributed by atoms with Gasteiger partial charge in [-0.25, -0.2) is 15.0 Å². The predicted molar refractivity (Wildman–Crippen MR) is 230 cm³/mol. The zero-order valence-corrected chi connectivity index (χ0v) is 31.4. The third kappa shape index (κ3) is 4.79. The molecule has 266 valence electrons. The fourth-order valence-electron chi connectivity index (χ4n) is 9.18. The first-order valence-corrected chi connectivity index (χ1v) is 20.0. The molecule has 0 amide bonds. The average molecular weight is 746 g/mol. The predicted octanol–water partition coefficient (Wildman–Crippen LogP) is 13.3. The van der Waals surface area contributed by atoms with Crippen LogP contribution in [-0.2, 0) is 5.41 Å². The van der Waals surface area contributed by atoms with Gasteiger partial charge < -0.3 is 4.42 Å². The van der Waals surface area contributed by atoms with Gasteiger partial charge in [-0.2, -0.15) is 0 Å². The third-order valence-electron chi connectivity index (χ3n) is 11.6. The van der Waals surface area contributed by atoms with Gasteiger partial charge in [0.05, 0.1) is 5.41 Å². The van der Waals surface area contributed by atoms with Gasteiger partial charge in [0, 0.05) is 37.3 Å². The minimum Gasteiger partial charge on any atom is -0.456 e. The summed E-state index contributed by atoms with van der Waals surface area (Å²) in [5.41, 5.74) is 14.2. The molecule has 2 aromatic heterocycles. The molecule has 8 aromatic carbocycles. The molecular formula is C52H31N3OS. The van der Waals surface area contributed by atoms with Crippen LogP contribution in [0.1, 0.15) is 22.3 Å². The van der Waals surface area contributed by atoms with Crippen LogP contribution in [0.15, 0.2) is 202 Å². The van der Waals surface area contributed by atoms with Crippen LogP contribution < -0.4 is 0 Å². The van der Waals surface area contributed by atoms with E-state index >= 15 is 0 Å². The highest BCUT2D eigenvalue weighted by Crippen LogP contribution is 2.63. The number of fused-ring (bicyclic) bond motifs is 12. The van der Waals surface area contributed by atoms with Crippen molar-refractivity contribution in [1.29, 1.82) is 0 Å². The lowest BCUT2D eigenvalue weighted by molar-refractivity contribution is 0.669. The first-order chi connectivity index (χ1) is 28.2. The molecule has 10 aromatic rings. The molecule has 4 nitrogen and oxygen atoms in total. The van der Waals surface area contributed by atoms with Crippen molar-refractivity contribution in [2.75, 3.05) is 0 Å². The SMILES string of the molecule is c1ccc(-c2nc(-c3ccccc3)nc(-c3ccc4oc5ccc(-c6cccc7c6C6(c8ccccc8Sc8ccccc86)c6ccccc6-7)cc5c4c3)n2)cc1. The van der Waals surface area contributed by atoms with Gasteiger partial charge in [-0.1, -0.05) is 157 Å². The van der Waals surface area contributed by atoms with Gasteiger partial charge in [-0.05, 0) is 87.0 Å². The van der Waals surface area contributed by atoms with Crippen LogP contribution in [0.4, 0.5) is 0 Å². The van der Waals surface area contributed by atoms with Crippen molar-refractivity contribution in [3.63, 3.8) is 0 Å². The third-order valence-corrected chi connectivity index (χ3v) is 12.8. The molecule has 3 heterocycles. The normalized spacial score (nSPS) is 13.3. The molecule has 2 aliphatic rings. The Morgan fingerprint density at radius 1 is 0.368 bits per heavy atom. The smallest absolute Gasteiger partial charge is 0.164 e. The first kappa shape index (κ1) is 32.2. The van der Waals surface area contributed by atoms with Crippen molar-refractivity contribution in [3.05, 3.63) is 210 Å². The molecule has 12 rings (SSSR count). The van der Waals surface area contributed by atoms with E-state index in [-0.39, 0.29) is 0 Å². The van der Waals surface area contributed by atoms with Crippen molar-refractivity contribution < 1.29 is 4.42 Å². The molecule has 0 radical (unpaired) electrons. The van der Waals surface area contributed by atoms with Crippen molar-refractivity contribution in [2.45, 2.75) is 15.2 Å². The molecule has 0 saturated heterocycles. The Hall–Kier alpha value is -7.08. The van der Waals surface area contributed by atoms with Crippen molar-refractivity contribution >= 4 is 33.7 Å². The van der Waals surface area contributed by atoms with Gasteiger partial charge in [-0.15, -0.1) is 0 Å². The summed E-state index contributed by atoms with van der Waals surface area (Å²) >= 11 is 1.87. The zero-order chi connectivity index (χ0) is 37.5. The Bertz CT molecular complexity index is 3120. The van der Waals surface area contributed by atoms with E-state index in [1.54, 1.807) is 0 Å². The first-order valence-electron chi connectivity index (χ1n) is 19.2.